The van der Waals surface area contributed by atoms with E-state index in [0.29, 0.717) is 0 Å². The van der Waals surface area contributed by atoms with Crippen molar-refractivity contribution in [3.05, 3.63) is 34.9 Å². The lowest BCUT2D eigenvalue weighted by Crippen LogP contribution is -2.23. The number of benzene rings is 1. The van der Waals surface area contributed by atoms with Crippen molar-refractivity contribution in [2.45, 2.75) is 56.9 Å². The molecule has 0 atom stereocenters. The number of nitrogens with zero attached hydrogens (tertiary/aromatic N) is 1. The van der Waals surface area contributed by atoms with Crippen molar-refractivity contribution in [2.24, 2.45) is 4.99 Å². The van der Waals surface area contributed by atoms with Gasteiger partial charge < -0.3 is 0 Å². The smallest absolute Gasteiger partial charge is 0.211 e. The molecule has 0 bridgehead atoms. The zero-order valence-electron chi connectivity index (χ0n) is 10.7. The minimum Gasteiger partial charge on any atom is -0.211 e. The quantitative estimate of drug-likeness (QED) is 0.574. The number of fused-ring (bicyclic) bond motifs is 1. The van der Waals surface area contributed by atoms with Crippen molar-refractivity contribution in [2.75, 3.05) is 0 Å². The first-order chi connectivity index (χ1) is 8.86. The number of carbonyl (C=O) groups excluding carboxylic acids is 1. The van der Waals surface area contributed by atoms with Crippen LogP contribution in [0, 0.1) is 0 Å². The Hall–Kier alpha value is -1.40. The van der Waals surface area contributed by atoms with E-state index in [-0.39, 0.29) is 5.54 Å². The Labute approximate surface area is 108 Å². The molecular formula is C16H19NO. The molecule has 1 aromatic carbocycles. The second kappa shape index (κ2) is 4.70. The van der Waals surface area contributed by atoms with E-state index in [2.05, 4.69) is 23.2 Å². The van der Waals surface area contributed by atoms with Gasteiger partial charge in [0.15, 0.2) is 0 Å². The first-order valence-corrected chi connectivity index (χ1v) is 7.06. The molecule has 18 heavy (non-hydrogen) atoms. The van der Waals surface area contributed by atoms with Gasteiger partial charge in [0.05, 0.1) is 5.54 Å². The third-order valence-corrected chi connectivity index (χ3v) is 4.59. The van der Waals surface area contributed by atoms with Crippen molar-refractivity contribution in [3.8, 4) is 0 Å². The molecular weight excluding hydrogens is 222 g/mol. The highest BCUT2D eigenvalue weighted by atomic mass is 16.1. The summed E-state index contributed by atoms with van der Waals surface area (Å²) in [5, 5.41) is 0. The molecule has 94 valence electrons. The molecule has 0 heterocycles. The van der Waals surface area contributed by atoms with Crippen LogP contribution < -0.4 is 0 Å². The molecule has 0 N–H and O–H groups in total. The molecule has 0 aliphatic heterocycles. The average molecular weight is 241 g/mol. The highest BCUT2D eigenvalue weighted by molar-refractivity contribution is 5.45. The molecule has 3 rings (SSSR count). The van der Waals surface area contributed by atoms with E-state index in [9.17, 15) is 4.79 Å². The van der Waals surface area contributed by atoms with Crippen molar-refractivity contribution in [1.82, 2.24) is 0 Å². The van der Waals surface area contributed by atoms with Crippen LogP contribution in [0.15, 0.2) is 23.2 Å². The largest absolute Gasteiger partial charge is 0.235 e. The molecule has 0 saturated heterocycles. The van der Waals surface area contributed by atoms with E-state index in [4.69, 9.17) is 0 Å². The summed E-state index contributed by atoms with van der Waals surface area (Å²) >= 11 is 0. The number of hydrogen-bond acceptors (Lipinski definition) is 2. The Balaban J connectivity index is 2.12. The first kappa shape index (κ1) is 11.7. The van der Waals surface area contributed by atoms with Gasteiger partial charge >= 0.3 is 0 Å². The molecule has 2 heteroatoms. The number of aliphatic imine (C=N–C) groups is 1. The Morgan fingerprint density at radius 1 is 1.06 bits per heavy atom. The van der Waals surface area contributed by atoms with Crippen LogP contribution in [-0.4, -0.2) is 6.08 Å². The van der Waals surface area contributed by atoms with Crippen LogP contribution in [-0.2, 0) is 23.2 Å². The van der Waals surface area contributed by atoms with E-state index in [1.165, 1.54) is 48.8 Å². The van der Waals surface area contributed by atoms with Gasteiger partial charge in [0, 0.05) is 0 Å². The maximum Gasteiger partial charge on any atom is 0.235 e. The molecule has 0 unspecified atom stereocenters. The lowest BCUT2D eigenvalue weighted by atomic mass is 9.79. The van der Waals surface area contributed by atoms with Gasteiger partial charge in [-0.15, -0.1) is 0 Å². The van der Waals surface area contributed by atoms with Gasteiger partial charge in [0.1, 0.15) is 0 Å². The number of isocyanates is 1. The topological polar surface area (TPSA) is 29.4 Å². The van der Waals surface area contributed by atoms with Crippen LogP contribution in [0.2, 0.25) is 0 Å². The average Bonchev–Trinajstić information content (AvgIpc) is 2.88. The van der Waals surface area contributed by atoms with Crippen LogP contribution >= 0.6 is 0 Å². The van der Waals surface area contributed by atoms with E-state index in [0.717, 1.165) is 19.3 Å². The Bertz CT molecular complexity index is 494. The third kappa shape index (κ3) is 1.81. The molecule has 1 aromatic rings. The van der Waals surface area contributed by atoms with Crippen LogP contribution in [0.1, 0.15) is 55.2 Å². The Kier molecular flexibility index (Phi) is 3.05. The second-order valence-electron chi connectivity index (χ2n) is 5.59. The molecule has 2 aliphatic rings. The molecule has 1 saturated carbocycles. The van der Waals surface area contributed by atoms with Crippen LogP contribution in [0.25, 0.3) is 0 Å². The van der Waals surface area contributed by atoms with Gasteiger partial charge in [-0.25, -0.2) is 4.79 Å². The molecule has 0 spiro atoms. The SMILES string of the molecule is O=C=NC1(c2cccc3c2CCCC3)CCCC1. The van der Waals surface area contributed by atoms with Crippen LogP contribution in [0.5, 0.6) is 0 Å². The van der Waals surface area contributed by atoms with E-state index < -0.39 is 0 Å². The minimum absolute atomic E-state index is 0.246. The minimum atomic E-state index is -0.246. The van der Waals surface area contributed by atoms with Gasteiger partial charge in [-0.2, -0.15) is 4.99 Å². The monoisotopic (exact) mass is 241 g/mol. The van der Waals surface area contributed by atoms with Gasteiger partial charge in [-0.3, -0.25) is 0 Å². The number of aryl methyl sites for hydroxylation is 1. The molecule has 1 fully saturated rings. The van der Waals surface area contributed by atoms with Crippen molar-refractivity contribution < 1.29 is 4.79 Å². The molecule has 2 aliphatic carbocycles. The summed E-state index contributed by atoms with van der Waals surface area (Å²) in [6.07, 6.45) is 11.1. The van der Waals surface area contributed by atoms with Crippen LogP contribution in [0.3, 0.4) is 0 Å². The highest BCUT2D eigenvalue weighted by Crippen LogP contribution is 2.45. The Morgan fingerprint density at radius 3 is 2.61 bits per heavy atom. The van der Waals surface area contributed by atoms with E-state index in [1.54, 1.807) is 0 Å². The summed E-state index contributed by atoms with van der Waals surface area (Å²) in [7, 11) is 0. The molecule has 2 nitrogen and oxygen atoms in total. The van der Waals surface area contributed by atoms with Gasteiger partial charge in [-0.05, 0) is 55.2 Å². The fourth-order valence-electron chi connectivity index (χ4n) is 3.71. The van der Waals surface area contributed by atoms with E-state index in [1.807, 2.05) is 6.08 Å². The van der Waals surface area contributed by atoms with Crippen molar-refractivity contribution >= 4 is 6.08 Å². The molecule has 0 amide bonds. The highest BCUT2D eigenvalue weighted by Gasteiger charge is 2.37. The summed E-state index contributed by atoms with van der Waals surface area (Å²) in [6, 6.07) is 6.57. The maximum atomic E-state index is 10.8. The predicted octanol–water partition coefficient (Wildman–Crippen LogP) is 3.67. The lowest BCUT2D eigenvalue weighted by molar-refractivity contribution is 0.448. The fourth-order valence-corrected chi connectivity index (χ4v) is 3.71. The van der Waals surface area contributed by atoms with E-state index >= 15 is 0 Å². The standard InChI is InChI=1S/C16H19NO/c18-12-17-16(10-3-4-11-16)15-9-5-7-13-6-1-2-8-14(13)15/h5,7,9H,1-4,6,8,10-11H2. The van der Waals surface area contributed by atoms with Crippen LogP contribution in [0.4, 0.5) is 0 Å². The zero-order valence-corrected chi connectivity index (χ0v) is 10.7. The van der Waals surface area contributed by atoms with Crippen molar-refractivity contribution in [3.63, 3.8) is 0 Å². The zero-order chi connectivity index (χ0) is 12.4. The summed E-state index contributed by atoms with van der Waals surface area (Å²) in [5.41, 5.74) is 4.03. The number of rotatable bonds is 2. The van der Waals surface area contributed by atoms with Gasteiger partial charge in [0.25, 0.3) is 0 Å². The van der Waals surface area contributed by atoms with Gasteiger partial charge in [-0.1, -0.05) is 31.0 Å². The normalized spacial score (nSPS) is 21.1. The predicted molar refractivity (Wildman–Crippen MR) is 71.4 cm³/mol. The maximum absolute atomic E-state index is 10.8. The summed E-state index contributed by atoms with van der Waals surface area (Å²) in [6.45, 7) is 0. The molecule has 0 radical (unpaired) electrons. The first-order valence-electron chi connectivity index (χ1n) is 7.06. The van der Waals surface area contributed by atoms with Crippen molar-refractivity contribution in [1.29, 1.82) is 0 Å². The van der Waals surface area contributed by atoms with Gasteiger partial charge in [0.2, 0.25) is 6.08 Å². The lowest BCUT2D eigenvalue weighted by Gasteiger charge is -2.29. The summed E-state index contributed by atoms with van der Waals surface area (Å²) in [4.78, 5) is 15.0. The number of hydrogen-bond donors (Lipinski definition) is 0. The fraction of sp³-hybridized carbons (Fsp3) is 0.562. The third-order valence-electron chi connectivity index (χ3n) is 4.59. The summed E-state index contributed by atoms with van der Waals surface area (Å²) in [5.74, 6) is 0. The second-order valence-corrected chi connectivity index (χ2v) is 5.59. The molecule has 0 aromatic heterocycles. The summed E-state index contributed by atoms with van der Waals surface area (Å²) < 4.78 is 0. The Morgan fingerprint density at radius 2 is 1.83 bits per heavy atom.